The number of anilines is 1. The fraction of sp³-hybridized carbons (Fsp3) is 0.192. The van der Waals surface area contributed by atoms with Gasteiger partial charge < -0.3 is 10.2 Å². The zero-order valence-electron chi connectivity index (χ0n) is 18.2. The number of nitrogens with zero attached hydrogens (tertiary/aromatic N) is 3. The Morgan fingerprint density at radius 1 is 0.941 bits per heavy atom. The van der Waals surface area contributed by atoms with E-state index in [1.807, 2.05) is 59.1 Å². The van der Waals surface area contributed by atoms with Crippen molar-refractivity contribution in [3.63, 3.8) is 0 Å². The summed E-state index contributed by atoms with van der Waals surface area (Å²) >= 11 is 0. The van der Waals surface area contributed by atoms with Gasteiger partial charge in [0, 0.05) is 36.8 Å². The van der Waals surface area contributed by atoms with Crippen molar-refractivity contribution in [2.75, 3.05) is 18.4 Å². The zero-order valence-corrected chi connectivity index (χ0v) is 18.2. The molecule has 8 heteroatoms. The van der Waals surface area contributed by atoms with E-state index in [-0.39, 0.29) is 17.4 Å². The molecule has 2 aromatic heterocycles. The van der Waals surface area contributed by atoms with Gasteiger partial charge in [0.15, 0.2) is 0 Å². The van der Waals surface area contributed by atoms with Crippen LogP contribution < -0.4 is 5.32 Å². The second-order valence-corrected chi connectivity index (χ2v) is 8.28. The average Bonchev–Trinajstić information content (AvgIpc) is 3.22. The number of carbonyl (C=O) groups is 2. The minimum atomic E-state index is -0.883. The molecule has 0 bridgehead atoms. The lowest BCUT2D eigenvalue weighted by Crippen LogP contribution is -2.41. The first-order valence-corrected chi connectivity index (χ1v) is 11.1. The summed E-state index contributed by atoms with van der Waals surface area (Å²) in [6, 6.07) is 18.2. The Hall–Kier alpha value is -4.07. The van der Waals surface area contributed by atoms with E-state index in [1.165, 1.54) is 4.90 Å². The molecular formula is C26H22F2N4O2. The molecule has 0 saturated carbocycles. The van der Waals surface area contributed by atoms with Crippen LogP contribution in [-0.4, -0.2) is 39.2 Å². The molecule has 1 N–H and O–H groups in total. The number of halogens is 2. The molecule has 172 valence electrons. The van der Waals surface area contributed by atoms with E-state index in [0.29, 0.717) is 43.5 Å². The predicted molar refractivity (Wildman–Crippen MR) is 124 cm³/mol. The van der Waals surface area contributed by atoms with Crippen LogP contribution in [0.4, 0.5) is 14.6 Å². The van der Waals surface area contributed by atoms with Gasteiger partial charge in [-0.1, -0.05) is 36.4 Å². The second-order valence-electron chi connectivity index (χ2n) is 8.28. The quantitative estimate of drug-likeness (QED) is 0.477. The van der Waals surface area contributed by atoms with Gasteiger partial charge in [0.2, 0.25) is 5.91 Å². The van der Waals surface area contributed by atoms with Gasteiger partial charge in [-0.2, -0.15) is 0 Å². The van der Waals surface area contributed by atoms with Crippen LogP contribution in [0.15, 0.2) is 72.9 Å². The Bertz CT molecular complexity index is 1360. The highest BCUT2D eigenvalue weighted by Gasteiger charge is 2.30. The van der Waals surface area contributed by atoms with E-state index in [1.54, 1.807) is 0 Å². The first-order chi connectivity index (χ1) is 16.5. The van der Waals surface area contributed by atoms with Crippen LogP contribution >= 0.6 is 0 Å². The summed E-state index contributed by atoms with van der Waals surface area (Å²) < 4.78 is 29.0. The van der Waals surface area contributed by atoms with Crippen molar-refractivity contribution in [2.24, 2.45) is 5.92 Å². The third-order valence-electron chi connectivity index (χ3n) is 6.13. The maximum atomic E-state index is 14.0. The lowest BCUT2D eigenvalue weighted by molar-refractivity contribution is -0.121. The van der Waals surface area contributed by atoms with Crippen molar-refractivity contribution in [1.82, 2.24) is 14.3 Å². The maximum Gasteiger partial charge on any atom is 0.256 e. The largest absolute Gasteiger partial charge is 0.339 e. The van der Waals surface area contributed by atoms with Gasteiger partial charge in [-0.15, -0.1) is 0 Å². The Kier molecular flexibility index (Phi) is 5.79. The van der Waals surface area contributed by atoms with E-state index >= 15 is 0 Å². The molecule has 1 saturated heterocycles. The van der Waals surface area contributed by atoms with Crippen molar-refractivity contribution in [3.05, 3.63) is 90.1 Å². The van der Waals surface area contributed by atoms with E-state index in [4.69, 9.17) is 4.98 Å². The molecule has 0 atom stereocenters. The first-order valence-electron chi connectivity index (χ1n) is 11.1. The van der Waals surface area contributed by atoms with Crippen molar-refractivity contribution < 1.29 is 18.4 Å². The molecule has 0 aliphatic carbocycles. The highest BCUT2D eigenvalue weighted by molar-refractivity contribution is 5.97. The summed E-state index contributed by atoms with van der Waals surface area (Å²) in [5, 5.41) is 3.05. The first kappa shape index (κ1) is 21.8. The lowest BCUT2D eigenvalue weighted by Gasteiger charge is -2.31. The van der Waals surface area contributed by atoms with Gasteiger partial charge in [-0.25, -0.2) is 13.8 Å². The van der Waals surface area contributed by atoms with Gasteiger partial charge in [-0.3, -0.25) is 14.0 Å². The molecule has 0 unspecified atom stereocenters. The predicted octanol–water partition coefficient (Wildman–Crippen LogP) is 4.77. The van der Waals surface area contributed by atoms with Crippen LogP contribution in [0.1, 0.15) is 23.2 Å². The Morgan fingerprint density at radius 3 is 2.41 bits per heavy atom. The summed E-state index contributed by atoms with van der Waals surface area (Å²) in [7, 11) is 0. The van der Waals surface area contributed by atoms with Crippen LogP contribution in [0.2, 0.25) is 0 Å². The number of hydrogen-bond acceptors (Lipinski definition) is 3. The van der Waals surface area contributed by atoms with E-state index in [2.05, 4.69) is 5.32 Å². The average molecular weight is 460 g/mol. The SMILES string of the molecule is O=C(Nc1c(-c2ccccc2)nc2ccccn12)C1CCN(C(=O)c2ccc(F)cc2F)CC1. The summed E-state index contributed by atoms with van der Waals surface area (Å²) in [4.78, 5) is 32.0. The standard InChI is InChI=1S/C26H22F2N4O2/c27-19-9-10-20(21(28)16-19)26(34)31-14-11-18(12-15-31)25(33)30-24-23(17-6-2-1-3-7-17)29-22-8-4-5-13-32(22)24/h1-10,13,16,18H,11-12,14-15H2,(H,30,33). The highest BCUT2D eigenvalue weighted by Crippen LogP contribution is 2.30. The van der Waals surface area contributed by atoms with E-state index in [9.17, 15) is 18.4 Å². The zero-order chi connectivity index (χ0) is 23.7. The fourth-order valence-corrected chi connectivity index (χ4v) is 4.31. The van der Waals surface area contributed by atoms with Crippen LogP contribution in [0, 0.1) is 17.6 Å². The number of benzene rings is 2. The van der Waals surface area contributed by atoms with Crippen LogP contribution in [-0.2, 0) is 4.79 Å². The number of piperidine rings is 1. The molecule has 2 amide bonds. The Morgan fingerprint density at radius 2 is 1.68 bits per heavy atom. The molecule has 1 fully saturated rings. The number of imidazole rings is 1. The molecule has 0 radical (unpaired) electrons. The highest BCUT2D eigenvalue weighted by atomic mass is 19.1. The molecule has 6 nitrogen and oxygen atoms in total. The maximum absolute atomic E-state index is 14.0. The van der Waals surface area contributed by atoms with Crippen LogP contribution in [0.3, 0.4) is 0 Å². The number of likely N-dealkylation sites (tertiary alicyclic amines) is 1. The third-order valence-corrected chi connectivity index (χ3v) is 6.13. The number of rotatable bonds is 4. The molecule has 3 heterocycles. The monoisotopic (exact) mass is 460 g/mol. The molecule has 1 aliphatic heterocycles. The Balaban J connectivity index is 1.31. The van der Waals surface area contributed by atoms with E-state index < -0.39 is 17.5 Å². The van der Waals surface area contributed by atoms with Crippen molar-refractivity contribution in [1.29, 1.82) is 0 Å². The topological polar surface area (TPSA) is 66.7 Å². The minimum absolute atomic E-state index is 0.150. The van der Waals surface area contributed by atoms with Gasteiger partial charge >= 0.3 is 0 Å². The molecule has 1 aliphatic rings. The third kappa shape index (κ3) is 4.14. The number of amides is 2. The minimum Gasteiger partial charge on any atom is -0.339 e. The number of pyridine rings is 1. The normalized spacial score (nSPS) is 14.4. The number of nitrogens with one attached hydrogen (secondary N) is 1. The van der Waals surface area contributed by atoms with Crippen molar-refractivity contribution >= 4 is 23.3 Å². The fourth-order valence-electron chi connectivity index (χ4n) is 4.31. The van der Waals surface area contributed by atoms with Gasteiger partial charge in [-0.05, 0) is 37.1 Å². The van der Waals surface area contributed by atoms with E-state index in [0.717, 1.165) is 23.3 Å². The van der Waals surface area contributed by atoms with Crippen LogP contribution in [0.5, 0.6) is 0 Å². The number of fused-ring (bicyclic) bond motifs is 1. The molecule has 0 spiro atoms. The molecule has 5 rings (SSSR count). The summed E-state index contributed by atoms with van der Waals surface area (Å²) in [5.74, 6) is -1.97. The molecule has 34 heavy (non-hydrogen) atoms. The van der Waals surface area contributed by atoms with Crippen molar-refractivity contribution in [3.8, 4) is 11.3 Å². The summed E-state index contributed by atoms with van der Waals surface area (Å²) in [6.07, 6.45) is 2.73. The van der Waals surface area contributed by atoms with Gasteiger partial charge in [0.25, 0.3) is 5.91 Å². The lowest BCUT2D eigenvalue weighted by atomic mass is 9.95. The number of hydrogen-bond donors (Lipinski definition) is 1. The number of carbonyl (C=O) groups excluding carboxylic acids is 2. The van der Waals surface area contributed by atoms with Gasteiger partial charge in [0.1, 0.15) is 28.8 Å². The second kappa shape index (κ2) is 9.05. The van der Waals surface area contributed by atoms with Crippen molar-refractivity contribution in [2.45, 2.75) is 12.8 Å². The smallest absolute Gasteiger partial charge is 0.256 e. The molecular weight excluding hydrogens is 438 g/mol. The Labute approximate surface area is 194 Å². The van der Waals surface area contributed by atoms with Gasteiger partial charge in [0.05, 0.1) is 5.56 Å². The number of aromatic nitrogens is 2. The summed E-state index contributed by atoms with van der Waals surface area (Å²) in [5.41, 5.74) is 2.13. The molecule has 4 aromatic rings. The molecule has 2 aromatic carbocycles. The van der Waals surface area contributed by atoms with Crippen LogP contribution in [0.25, 0.3) is 16.9 Å². The summed E-state index contributed by atoms with van der Waals surface area (Å²) in [6.45, 7) is 0.624.